The molecule has 0 aliphatic rings. The van der Waals surface area contributed by atoms with E-state index in [2.05, 4.69) is 16.7 Å². The minimum Gasteiger partial charge on any atom is -0.301 e. The summed E-state index contributed by atoms with van der Waals surface area (Å²) in [6.07, 6.45) is 5.84. The van der Waals surface area contributed by atoms with Gasteiger partial charge in [0.2, 0.25) is 6.08 Å². The average molecular weight is 154 g/mol. The molecule has 0 fully saturated rings. The van der Waals surface area contributed by atoms with Crippen molar-refractivity contribution in [3.8, 4) is 0 Å². The Labute approximate surface area is 67.2 Å². The Kier molecular flexibility index (Phi) is 8.27. The lowest BCUT2D eigenvalue weighted by Gasteiger charge is -1.94. The Balaban J connectivity index is 2.90. The van der Waals surface area contributed by atoms with Crippen LogP contribution in [0.2, 0.25) is 0 Å². The molecule has 0 rings (SSSR count). The predicted octanol–water partition coefficient (Wildman–Crippen LogP) is 1.58. The van der Waals surface area contributed by atoms with E-state index in [1.54, 1.807) is 0 Å². The molecule has 0 N–H and O–H groups in total. The number of nitrogens with zero attached hydrogens (tertiary/aromatic N) is 2. The highest BCUT2D eigenvalue weighted by molar-refractivity contribution is 5.32. The van der Waals surface area contributed by atoms with E-state index in [0.29, 0.717) is 6.54 Å². The highest BCUT2D eigenvalue weighted by Gasteiger charge is 1.87. The van der Waals surface area contributed by atoms with Crippen molar-refractivity contribution in [3.05, 3.63) is 0 Å². The van der Waals surface area contributed by atoms with Crippen molar-refractivity contribution in [1.29, 1.82) is 0 Å². The van der Waals surface area contributed by atoms with Crippen LogP contribution in [0.5, 0.6) is 0 Å². The van der Waals surface area contributed by atoms with Crippen LogP contribution in [0.1, 0.15) is 25.7 Å². The van der Waals surface area contributed by atoms with Crippen LogP contribution in [0, 0.1) is 0 Å². The van der Waals surface area contributed by atoms with Gasteiger partial charge in [0.1, 0.15) is 0 Å². The summed E-state index contributed by atoms with van der Waals surface area (Å²) in [6, 6.07) is 0. The van der Waals surface area contributed by atoms with Crippen LogP contribution in [0.25, 0.3) is 0 Å². The zero-order valence-electron chi connectivity index (χ0n) is 6.75. The molecular weight excluding hydrogens is 140 g/mol. The fourth-order valence-corrected chi connectivity index (χ4v) is 0.814. The number of aliphatic imine (C=N–C) groups is 2. The van der Waals surface area contributed by atoms with Crippen LogP contribution in [0.15, 0.2) is 9.98 Å². The van der Waals surface area contributed by atoms with Crippen molar-refractivity contribution in [2.75, 3.05) is 13.1 Å². The Hall–Kier alpha value is -0.950. The summed E-state index contributed by atoms with van der Waals surface area (Å²) in [5.41, 5.74) is 0. The van der Waals surface area contributed by atoms with Gasteiger partial charge in [0.25, 0.3) is 0 Å². The highest BCUT2D eigenvalue weighted by Crippen LogP contribution is 1.99. The Morgan fingerprint density at radius 2 is 1.73 bits per heavy atom. The zero-order chi connectivity index (χ0) is 8.36. The van der Waals surface area contributed by atoms with Gasteiger partial charge in [0.15, 0.2) is 0 Å². The zero-order valence-corrected chi connectivity index (χ0v) is 6.75. The van der Waals surface area contributed by atoms with Crippen LogP contribution in [0.4, 0.5) is 0 Å². The molecule has 0 bridgehead atoms. The molecule has 0 spiro atoms. The molecule has 62 valence electrons. The minimum atomic E-state index is 0.616. The second-order valence-corrected chi connectivity index (χ2v) is 2.33. The first-order valence-corrected chi connectivity index (χ1v) is 3.88. The van der Waals surface area contributed by atoms with Gasteiger partial charge in [-0.2, -0.15) is 0 Å². The summed E-state index contributed by atoms with van der Waals surface area (Å²) in [5.74, 6) is 0. The molecule has 0 saturated heterocycles. The third-order valence-electron chi connectivity index (χ3n) is 1.40. The van der Waals surface area contributed by atoms with Gasteiger partial charge in [-0.25, -0.2) is 9.79 Å². The van der Waals surface area contributed by atoms with Crippen molar-refractivity contribution in [1.82, 2.24) is 0 Å². The normalized spacial score (nSPS) is 8.73. The fourth-order valence-electron chi connectivity index (χ4n) is 0.814. The molecule has 0 unspecified atom stereocenters. The maximum atomic E-state index is 9.63. The SMILES string of the molecule is C=NCCCCCCN=C=O. The van der Waals surface area contributed by atoms with Gasteiger partial charge >= 0.3 is 0 Å². The molecule has 0 amide bonds. The van der Waals surface area contributed by atoms with Crippen LogP contribution in [-0.4, -0.2) is 25.9 Å². The first-order valence-electron chi connectivity index (χ1n) is 3.88. The van der Waals surface area contributed by atoms with E-state index in [0.717, 1.165) is 32.2 Å². The monoisotopic (exact) mass is 154 g/mol. The molecular formula is C8H14N2O. The van der Waals surface area contributed by atoms with Crippen molar-refractivity contribution >= 4 is 12.8 Å². The first-order chi connectivity index (χ1) is 5.41. The molecule has 0 saturated carbocycles. The third-order valence-corrected chi connectivity index (χ3v) is 1.40. The number of rotatable bonds is 7. The summed E-state index contributed by atoms with van der Waals surface area (Å²) >= 11 is 0. The quantitative estimate of drug-likeness (QED) is 0.312. The topological polar surface area (TPSA) is 41.8 Å². The van der Waals surface area contributed by atoms with Crippen molar-refractivity contribution in [2.24, 2.45) is 9.98 Å². The van der Waals surface area contributed by atoms with Crippen LogP contribution < -0.4 is 0 Å². The smallest absolute Gasteiger partial charge is 0.234 e. The second-order valence-electron chi connectivity index (χ2n) is 2.33. The molecule has 0 atom stereocenters. The molecule has 0 radical (unpaired) electrons. The van der Waals surface area contributed by atoms with Crippen molar-refractivity contribution < 1.29 is 4.79 Å². The van der Waals surface area contributed by atoms with E-state index in [-0.39, 0.29) is 0 Å². The molecule has 0 heterocycles. The lowest BCUT2D eigenvalue weighted by atomic mass is 10.2. The van der Waals surface area contributed by atoms with Gasteiger partial charge in [-0.1, -0.05) is 12.8 Å². The van der Waals surface area contributed by atoms with Crippen molar-refractivity contribution in [3.63, 3.8) is 0 Å². The Bertz CT molecular complexity index is 139. The summed E-state index contributed by atoms with van der Waals surface area (Å²) < 4.78 is 0. The number of unbranched alkanes of at least 4 members (excludes halogenated alkanes) is 3. The fraction of sp³-hybridized carbons (Fsp3) is 0.750. The lowest BCUT2D eigenvalue weighted by molar-refractivity contribution is 0.561. The second kappa shape index (κ2) is 9.05. The van der Waals surface area contributed by atoms with Crippen LogP contribution in [-0.2, 0) is 4.79 Å². The first kappa shape index (κ1) is 10.0. The number of hydrogen-bond acceptors (Lipinski definition) is 3. The highest BCUT2D eigenvalue weighted by atomic mass is 16.1. The standard InChI is InChI=1S/C8H14N2O/c1-9-6-4-2-3-5-7-10-8-11/h1-7H2. The van der Waals surface area contributed by atoms with Crippen LogP contribution >= 0.6 is 0 Å². The molecule has 0 aromatic rings. The summed E-state index contributed by atoms with van der Waals surface area (Å²) in [5, 5.41) is 0. The maximum Gasteiger partial charge on any atom is 0.234 e. The van der Waals surface area contributed by atoms with Gasteiger partial charge in [-0.05, 0) is 19.6 Å². The summed E-state index contributed by atoms with van der Waals surface area (Å²) in [6.45, 7) is 4.85. The largest absolute Gasteiger partial charge is 0.301 e. The molecule has 11 heavy (non-hydrogen) atoms. The molecule has 3 nitrogen and oxygen atoms in total. The summed E-state index contributed by atoms with van der Waals surface area (Å²) in [7, 11) is 0. The maximum absolute atomic E-state index is 9.63. The Morgan fingerprint density at radius 3 is 2.27 bits per heavy atom. The molecule has 0 aliphatic carbocycles. The molecule has 3 heteroatoms. The number of isocyanates is 1. The number of carbonyl (C=O) groups excluding carboxylic acids is 1. The third kappa shape index (κ3) is 9.05. The summed E-state index contributed by atoms with van der Waals surface area (Å²) in [4.78, 5) is 16.8. The lowest BCUT2D eigenvalue weighted by Crippen LogP contribution is -1.84. The van der Waals surface area contributed by atoms with Gasteiger partial charge in [0.05, 0.1) is 6.54 Å². The van der Waals surface area contributed by atoms with E-state index >= 15 is 0 Å². The van der Waals surface area contributed by atoms with Gasteiger partial charge in [-0.3, -0.25) is 0 Å². The van der Waals surface area contributed by atoms with Crippen molar-refractivity contribution in [2.45, 2.75) is 25.7 Å². The van der Waals surface area contributed by atoms with E-state index in [1.807, 2.05) is 0 Å². The van der Waals surface area contributed by atoms with E-state index < -0.39 is 0 Å². The van der Waals surface area contributed by atoms with Crippen LogP contribution in [0.3, 0.4) is 0 Å². The van der Waals surface area contributed by atoms with E-state index in [1.165, 1.54) is 6.08 Å². The van der Waals surface area contributed by atoms with E-state index in [4.69, 9.17) is 0 Å². The van der Waals surface area contributed by atoms with Gasteiger partial charge in [-0.15, -0.1) is 0 Å². The minimum absolute atomic E-state index is 0.616. The predicted molar refractivity (Wildman–Crippen MR) is 45.9 cm³/mol. The molecule has 0 aromatic carbocycles. The average Bonchev–Trinajstić information content (AvgIpc) is 2.03. The number of hydrogen-bond donors (Lipinski definition) is 0. The Morgan fingerprint density at radius 1 is 1.09 bits per heavy atom. The van der Waals surface area contributed by atoms with Gasteiger partial charge in [0, 0.05) is 6.54 Å². The molecule has 0 aliphatic heterocycles. The molecule has 0 aromatic heterocycles. The van der Waals surface area contributed by atoms with E-state index in [9.17, 15) is 4.79 Å². The van der Waals surface area contributed by atoms with Gasteiger partial charge < -0.3 is 4.99 Å².